The van der Waals surface area contributed by atoms with E-state index in [-0.39, 0.29) is 11.7 Å². The fraction of sp³-hybridized carbons (Fsp3) is 0.438. The molecule has 116 valence electrons. The molecule has 0 unspecified atom stereocenters. The number of carbonyl (C=O) groups is 1. The first kappa shape index (κ1) is 15.0. The number of ketones is 1. The SMILES string of the molecule is Cc1nc(N)cc(N2CCC[C@H](C(=O)c3sccc3C)C2)n1. The molecular weight excluding hydrogens is 296 g/mol. The van der Waals surface area contributed by atoms with Crippen LogP contribution in [0.4, 0.5) is 11.6 Å². The Hall–Kier alpha value is -1.95. The van der Waals surface area contributed by atoms with Crippen molar-refractivity contribution in [1.82, 2.24) is 9.97 Å². The Bertz CT molecular complexity index is 677. The summed E-state index contributed by atoms with van der Waals surface area (Å²) in [6.07, 6.45) is 1.93. The largest absolute Gasteiger partial charge is 0.384 e. The molecule has 2 aromatic heterocycles. The lowest BCUT2D eigenvalue weighted by molar-refractivity contribution is 0.0911. The first-order chi connectivity index (χ1) is 10.5. The summed E-state index contributed by atoms with van der Waals surface area (Å²) < 4.78 is 0. The molecule has 1 aliphatic rings. The highest BCUT2D eigenvalue weighted by Crippen LogP contribution is 2.28. The van der Waals surface area contributed by atoms with Crippen molar-refractivity contribution in [2.75, 3.05) is 23.7 Å². The van der Waals surface area contributed by atoms with Crippen LogP contribution in [-0.4, -0.2) is 28.8 Å². The summed E-state index contributed by atoms with van der Waals surface area (Å²) in [6.45, 7) is 5.44. The Morgan fingerprint density at radius 1 is 1.41 bits per heavy atom. The van der Waals surface area contributed by atoms with E-state index in [9.17, 15) is 4.79 Å². The van der Waals surface area contributed by atoms with Crippen LogP contribution < -0.4 is 10.6 Å². The predicted octanol–water partition coefficient (Wildman–Crippen LogP) is 2.84. The fourth-order valence-corrected chi connectivity index (χ4v) is 3.89. The van der Waals surface area contributed by atoms with E-state index in [1.165, 1.54) is 11.3 Å². The highest BCUT2D eigenvalue weighted by molar-refractivity contribution is 7.12. The lowest BCUT2D eigenvalue weighted by Gasteiger charge is -2.33. The number of carbonyl (C=O) groups excluding carboxylic acids is 1. The molecule has 0 radical (unpaired) electrons. The summed E-state index contributed by atoms with van der Waals surface area (Å²) in [7, 11) is 0. The quantitative estimate of drug-likeness (QED) is 0.882. The van der Waals surface area contributed by atoms with Crippen LogP contribution in [0, 0.1) is 19.8 Å². The number of aryl methyl sites for hydroxylation is 2. The van der Waals surface area contributed by atoms with E-state index in [4.69, 9.17) is 5.73 Å². The topological polar surface area (TPSA) is 72.1 Å². The van der Waals surface area contributed by atoms with E-state index in [1.54, 1.807) is 6.07 Å². The standard InChI is InChI=1S/C16H20N4OS/c1-10-5-7-22-16(10)15(21)12-4-3-6-20(9-12)14-8-13(17)18-11(2)19-14/h5,7-8,12H,3-4,6,9H2,1-2H3,(H2,17,18,19)/t12-/m0/s1. The third kappa shape index (κ3) is 2.97. The third-order valence-electron chi connectivity index (χ3n) is 4.05. The Morgan fingerprint density at radius 2 is 2.23 bits per heavy atom. The zero-order chi connectivity index (χ0) is 15.7. The minimum absolute atomic E-state index is 0.0302. The van der Waals surface area contributed by atoms with E-state index in [1.807, 2.05) is 25.3 Å². The molecule has 1 aliphatic heterocycles. The van der Waals surface area contributed by atoms with Crippen LogP contribution in [0.2, 0.25) is 0 Å². The zero-order valence-corrected chi connectivity index (χ0v) is 13.7. The van der Waals surface area contributed by atoms with Crippen LogP contribution >= 0.6 is 11.3 Å². The average Bonchev–Trinajstić information content (AvgIpc) is 2.92. The number of nitrogens with two attached hydrogens (primary N) is 1. The predicted molar refractivity (Wildman–Crippen MR) is 89.5 cm³/mol. The summed E-state index contributed by atoms with van der Waals surface area (Å²) in [5, 5.41) is 1.98. The first-order valence-electron chi connectivity index (χ1n) is 7.49. The monoisotopic (exact) mass is 316 g/mol. The van der Waals surface area contributed by atoms with Gasteiger partial charge in [0.25, 0.3) is 0 Å². The number of nitrogen functional groups attached to an aromatic ring is 1. The van der Waals surface area contributed by atoms with Crippen LogP contribution in [0.3, 0.4) is 0 Å². The van der Waals surface area contributed by atoms with Crippen molar-refractivity contribution in [2.24, 2.45) is 5.92 Å². The van der Waals surface area contributed by atoms with Crippen LogP contribution in [0.1, 0.15) is 33.9 Å². The maximum absolute atomic E-state index is 12.7. The fourth-order valence-electron chi connectivity index (χ4n) is 2.95. The summed E-state index contributed by atoms with van der Waals surface area (Å²) in [5.41, 5.74) is 6.89. The number of nitrogens with zero attached hydrogens (tertiary/aromatic N) is 3. The van der Waals surface area contributed by atoms with Gasteiger partial charge in [-0.25, -0.2) is 9.97 Å². The second-order valence-corrected chi connectivity index (χ2v) is 6.70. The van der Waals surface area contributed by atoms with Gasteiger partial charge in [0.15, 0.2) is 5.78 Å². The van der Waals surface area contributed by atoms with Gasteiger partial charge in [-0.2, -0.15) is 0 Å². The summed E-state index contributed by atoms with van der Waals surface area (Å²) in [5.74, 6) is 2.26. The lowest BCUT2D eigenvalue weighted by atomic mass is 9.92. The number of rotatable bonds is 3. The minimum atomic E-state index is 0.0302. The van der Waals surface area contributed by atoms with Gasteiger partial charge in [0, 0.05) is 25.1 Å². The van der Waals surface area contributed by atoms with Crippen LogP contribution in [0.15, 0.2) is 17.5 Å². The minimum Gasteiger partial charge on any atom is -0.384 e. The molecule has 1 fully saturated rings. The molecular formula is C16H20N4OS. The molecule has 2 aromatic rings. The van der Waals surface area contributed by atoms with Crippen molar-refractivity contribution in [2.45, 2.75) is 26.7 Å². The Morgan fingerprint density at radius 3 is 2.91 bits per heavy atom. The van der Waals surface area contributed by atoms with E-state index in [0.717, 1.165) is 35.6 Å². The van der Waals surface area contributed by atoms with Crippen molar-refractivity contribution in [3.63, 3.8) is 0 Å². The first-order valence-corrected chi connectivity index (χ1v) is 8.37. The molecule has 1 saturated heterocycles. The maximum atomic E-state index is 12.7. The van der Waals surface area contributed by atoms with Gasteiger partial charge in [0.05, 0.1) is 4.88 Å². The molecule has 0 aliphatic carbocycles. The normalized spacial score (nSPS) is 18.5. The van der Waals surface area contributed by atoms with Gasteiger partial charge in [-0.15, -0.1) is 11.3 Å². The smallest absolute Gasteiger partial charge is 0.177 e. The van der Waals surface area contributed by atoms with Crippen molar-refractivity contribution >= 4 is 28.8 Å². The van der Waals surface area contributed by atoms with E-state index < -0.39 is 0 Å². The molecule has 22 heavy (non-hydrogen) atoms. The summed E-state index contributed by atoms with van der Waals surface area (Å²) in [6, 6.07) is 3.79. The van der Waals surface area contributed by atoms with Gasteiger partial charge in [0.1, 0.15) is 17.5 Å². The molecule has 0 spiro atoms. The molecule has 6 heteroatoms. The van der Waals surface area contributed by atoms with E-state index >= 15 is 0 Å². The third-order valence-corrected chi connectivity index (χ3v) is 5.08. The van der Waals surface area contributed by atoms with Gasteiger partial charge < -0.3 is 10.6 Å². The average molecular weight is 316 g/mol. The molecule has 0 saturated carbocycles. The molecule has 2 N–H and O–H groups in total. The number of Topliss-reactive ketones (excluding diaryl/α,β-unsaturated/α-hetero) is 1. The van der Waals surface area contributed by atoms with E-state index in [2.05, 4.69) is 14.9 Å². The highest BCUT2D eigenvalue weighted by atomic mass is 32.1. The second-order valence-electron chi connectivity index (χ2n) is 5.78. The number of hydrogen-bond acceptors (Lipinski definition) is 6. The molecule has 0 amide bonds. The highest BCUT2D eigenvalue weighted by Gasteiger charge is 2.28. The maximum Gasteiger partial charge on any atom is 0.177 e. The molecule has 0 aromatic carbocycles. The van der Waals surface area contributed by atoms with Gasteiger partial charge in [-0.1, -0.05) is 0 Å². The number of aromatic nitrogens is 2. The van der Waals surface area contributed by atoms with Crippen molar-refractivity contribution in [3.05, 3.63) is 33.8 Å². The van der Waals surface area contributed by atoms with Gasteiger partial charge in [-0.3, -0.25) is 4.79 Å². The molecule has 1 atom stereocenters. The second kappa shape index (κ2) is 6.04. The molecule has 5 nitrogen and oxygen atoms in total. The van der Waals surface area contributed by atoms with Crippen LogP contribution in [0.5, 0.6) is 0 Å². The number of thiophene rings is 1. The Kier molecular flexibility index (Phi) is 4.11. The number of piperidine rings is 1. The van der Waals surface area contributed by atoms with Crippen LogP contribution in [0.25, 0.3) is 0 Å². The summed E-state index contributed by atoms with van der Waals surface area (Å²) in [4.78, 5) is 24.3. The van der Waals surface area contributed by atoms with Crippen LogP contribution in [-0.2, 0) is 0 Å². The number of anilines is 2. The van der Waals surface area contributed by atoms with Crippen molar-refractivity contribution in [1.29, 1.82) is 0 Å². The number of hydrogen-bond donors (Lipinski definition) is 1. The van der Waals surface area contributed by atoms with Gasteiger partial charge in [0.2, 0.25) is 0 Å². The Balaban J connectivity index is 1.79. The van der Waals surface area contributed by atoms with Crippen molar-refractivity contribution < 1.29 is 4.79 Å². The zero-order valence-electron chi connectivity index (χ0n) is 12.9. The molecule has 0 bridgehead atoms. The summed E-state index contributed by atoms with van der Waals surface area (Å²) >= 11 is 1.54. The lowest BCUT2D eigenvalue weighted by Crippen LogP contribution is -2.39. The van der Waals surface area contributed by atoms with Crippen molar-refractivity contribution in [3.8, 4) is 0 Å². The van der Waals surface area contributed by atoms with Gasteiger partial charge in [-0.05, 0) is 43.7 Å². The van der Waals surface area contributed by atoms with Gasteiger partial charge >= 0.3 is 0 Å². The Labute approximate surface area is 134 Å². The van der Waals surface area contributed by atoms with E-state index in [0.29, 0.717) is 18.2 Å². The molecule has 3 heterocycles. The molecule has 3 rings (SSSR count).